The average molecular weight is 647 g/mol. The second-order valence-electron chi connectivity index (χ2n) is 10.4. The second kappa shape index (κ2) is 14.9. The number of hydrogen-bond donors (Lipinski definition) is 1. The van der Waals surface area contributed by atoms with Gasteiger partial charge < -0.3 is 15.0 Å². The van der Waals surface area contributed by atoms with E-state index in [1.54, 1.807) is 55.5 Å². The quantitative estimate of drug-likeness (QED) is 0.230. The van der Waals surface area contributed by atoms with Gasteiger partial charge in [0.1, 0.15) is 18.3 Å². The summed E-state index contributed by atoms with van der Waals surface area (Å²) in [7, 11) is -4.26. The maximum Gasteiger partial charge on any atom is 0.264 e. The smallest absolute Gasteiger partial charge is 0.264 e. The number of para-hydroxylation sites is 2. The molecule has 1 fully saturated rings. The van der Waals surface area contributed by atoms with Gasteiger partial charge in [0.25, 0.3) is 10.0 Å². The van der Waals surface area contributed by atoms with E-state index >= 15 is 0 Å². The molecule has 1 aliphatic rings. The first-order valence-electron chi connectivity index (χ1n) is 14.5. The van der Waals surface area contributed by atoms with Crippen LogP contribution in [0, 0.1) is 0 Å². The molecule has 2 amide bonds. The van der Waals surface area contributed by atoms with Gasteiger partial charge in [-0.05, 0) is 80.3 Å². The van der Waals surface area contributed by atoms with Crippen LogP contribution in [-0.4, -0.2) is 50.4 Å². The van der Waals surface area contributed by atoms with Crippen molar-refractivity contribution in [1.82, 2.24) is 10.2 Å². The summed E-state index contributed by atoms with van der Waals surface area (Å²) >= 11 is 12.1. The minimum atomic E-state index is -4.26. The number of rotatable bonds is 13. The van der Waals surface area contributed by atoms with E-state index < -0.39 is 28.5 Å². The number of hydrogen-bond acceptors (Lipinski definition) is 5. The van der Waals surface area contributed by atoms with Crippen LogP contribution < -0.4 is 14.4 Å². The van der Waals surface area contributed by atoms with E-state index in [4.69, 9.17) is 27.9 Å². The third-order valence-electron chi connectivity index (χ3n) is 7.47. The van der Waals surface area contributed by atoms with E-state index in [9.17, 15) is 18.0 Å². The van der Waals surface area contributed by atoms with Gasteiger partial charge in [-0.25, -0.2) is 8.42 Å². The van der Waals surface area contributed by atoms with E-state index in [1.807, 2.05) is 6.92 Å². The third-order valence-corrected chi connectivity index (χ3v) is 9.75. The van der Waals surface area contributed by atoms with E-state index in [-0.39, 0.29) is 29.1 Å². The van der Waals surface area contributed by atoms with Gasteiger partial charge >= 0.3 is 0 Å². The summed E-state index contributed by atoms with van der Waals surface area (Å²) in [5.41, 5.74) is 0.967. The minimum Gasteiger partial charge on any atom is -0.492 e. The zero-order valence-electron chi connectivity index (χ0n) is 24.3. The molecule has 3 aromatic carbocycles. The van der Waals surface area contributed by atoms with Crippen LogP contribution in [0.4, 0.5) is 5.69 Å². The fourth-order valence-corrected chi connectivity index (χ4v) is 6.94. The van der Waals surface area contributed by atoms with Crippen molar-refractivity contribution in [2.45, 2.75) is 69.5 Å². The second-order valence-corrected chi connectivity index (χ2v) is 13.2. The van der Waals surface area contributed by atoms with Gasteiger partial charge in [-0.2, -0.15) is 0 Å². The zero-order chi connectivity index (χ0) is 31.0. The van der Waals surface area contributed by atoms with Gasteiger partial charge in [0.05, 0.1) is 17.2 Å². The third kappa shape index (κ3) is 8.22. The molecule has 4 rings (SSSR count). The lowest BCUT2D eigenvalue weighted by atomic mass is 10.1. The monoisotopic (exact) mass is 645 g/mol. The molecule has 0 unspecified atom stereocenters. The first kappa shape index (κ1) is 32.6. The molecular formula is C32H37Cl2N3O5S. The number of benzene rings is 3. The molecule has 230 valence electrons. The molecule has 0 radical (unpaired) electrons. The highest BCUT2D eigenvalue weighted by molar-refractivity contribution is 7.92. The SMILES string of the molecule is CCOc1ccccc1N(CC(=O)N(Cc1ccc(Cl)cc1)[C@@H](CC)C(=O)NC1CCCC1)S(=O)(=O)c1ccc(Cl)cc1. The number of ether oxygens (including phenoxy) is 1. The first-order chi connectivity index (χ1) is 20.6. The molecule has 0 bridgehead atoms. The van der Waals surface area contributed by atoms with E-state index in [0.717, 1.165) is 35.6 Å². The van der Waals surface area contributed by atoms with Crippen LogP contribution in [0.2, 0.25) is 10.0 Å². The Balaban J connectivity index is 1.75. The zero-order valence-corrected chi connectivity index (χ0v) is 26.7. The molecule has 0 spiro atoms. The van der Waals surface area contributed by atoms with Crippen LogP contribution in [0.25, 0.3) is 0 Å². The van der Waals surface area contributed by atoms with Crippen LogP contribution in [-0.2, 0) is 26.2 Å². The number of carbonyl (C=O) groups excluding carboxylic acids is 2. The highest BCUT2D eigenvalue weighted by Crippen LogP contribution is 2.33. The van der Waals surface area contributed by atoms with Crippen molar-refractivity contribution in [1.29, 1.82) is 0 Å². The fourth-order valence-electron chi connectivity index (χ4n) is 5.26. The van der Waals surface area contributed by atoms with Crippen LogP contribution in [0.1, 0.15) is 51.5 Å². The summed E-state index contributed by atoms with van der Waals surface area (Å²) < 4.78 is 35.1. The Bertz CT molecular complexity index is 1490. The Morgan fingerprint density at radius 3 is 2.14 bits per heavy atom. The van der Waals surface area contributed by atoms with Crippen molar-refractivity contribution in [3.8, 4) is 5.75 Å². The Kier molecular flexibility index (Phi) is 11.3. The maximum absolute atomic E-state index is 14.3. The van der Waals surface area contributed by atoms with Gasteiger partial charge in [0, 0.05) is 22.6 Å². The summed E-state index contributed by atoms with van der Waals surface area (Å²) in [6.07, 6.45) is 4.23. The molecule has 1 atom stereocenters. The van der Waals surface area contributed by atoms with E-state index in [2.05, 4.69) is 5.32 Å². The van der Waals surface area contributed by atoms with Gasteiger partial charge in [-0.15, -0.1) is 0 Å². The minimum absolute atomic E-state index is 0.0359. The number of anilines is 1. The van der Waals surface area contributed by atoms with Crippen LogP contribution in [0.3, 0.4) is 0 Å². The van der Waals surface area contributed by atoms with Gasteiger partial charge in [0.2, 0.25) is 11.8 Å². The van der Waals surface area contributed by atoms with Crippen LogP contribution in [0.15, 0.2) is 77.7 Å². The molecule has 0 heterocycles. The summed E-state index contributed by atoms with van der Waals surface area (Å²) in [5.74, 6) is -0.476. The first-order valence-corrected chi connectivity index (χ1v) is 16.7. The molecule has 43 heavy (non-hydrogen) atoms. The van der Waals surface area contributed by atoms with Crippen LogP contribution in [0.5, 0.6) is 5.75 Å². The number of amides is 2. The van der Waals surface area contributed by atoms with Gasteiger partial charge in [0.15, 0.2) is 0 Å². The van der Waals surface area contributed by atoms with Gasteiger partial charge in [-0.1, -0.05) is 67.2 Å². The number of carbonyl (C=O) groups is 2. The Hall–Kier alpha value is -3.27. The fraction of sp³-hybridized carbons (Fsp3) is 0.375. The Labute approximate surface area is 264 Å². The normalized spacial score (nSPS) is 14.2. The average Bonchev–Trinajstić information content (AvgIpc) is 3.50. The predicted octanol–water partition coefficient (Wildman–Crippen LogP) is 6.45. The summed E-state index contributed by atoms with van der Waals surface area (Å²) in [6.45, 7) is 3.46. The summed E-state index contributed by atoms with van der Waals surface area (Å²) in [6, 6.07) is 18.7. The lowest BCUT2D eigenvalue weighted by Gasteiger charge is -2.34. The lowest BCUT2D eigenvalue weighted by molar-refractivity contribution is -0.140. The molecular weight excluding hydrogens is 609 g/mol. The number of halogens is 2. The highest BCUT2D eigenvalue weighted by Gasteiger charge is 2.35. The molecule has 11 heteroatoms. The van der Waals surface area contributed by atoms with E-state index in [1.165, 1.54) is 29.2 Å². The number of nitrogens with one attached hydrogen (secondary N) is 1. The summed E-state index contributed by atoms with van der Waals surface area (Å²) in [5, 5.41) is 4.04. The standard InChI is InChI=1S/C32H37Cl2N3O5S/c1-3-28(32(39)35-26-9-5-6-10-26)36(21-23-13-15-24(33)16-14-23)31(38)22-37(29-11-7-8-12-30(29)42-4-2)43(40,41)27-19-17-25(34)18-20-27/h7-8,11-20,26,28H,3-6,9-10,21-22H2,1-2H3,(H,35,39)/t28-/m0/s1. The molecule has 1 saturated carbocycles. The topological polar surface area (TPSA) is 96.0 Å². The maximum atomic E-state index is 14.3. The van der Waals surface area contributed by atoms with Gasteiger partial charge in [-0.3, -0.25) is 13.9 Å². The van der Waals surface area contributed by atoms with Crippen molar-refractivity contribution in [3.63, 3.8) is 0 Å². The molecule has 0 saturated heterocycles. The van der Waals surface area contributed by atoms with Crippen molar-refractivity contribution in [2.75, 3.05) is 17.5 Å². The molecule has 8 nitrogen and oxygen atoms in total. The van der Waals surface area contributed by atoms with Crippen molar-refractivity contribution < 1.29 is 22.7 Å². The largest absolute Gasteiger partial charge is 0.492 e. The van der Waals surface area contributed by atoms with Crippen LogP contribution >= 0.6 is 23.2 Å². The number of sulfonamides is 1. The molecule has 3 aromatic rings. The predicted molar refractivity (Wildman–Crippen MR) is 170 cm³/mol. The van der Waals surface area contributed by atoms with Crippen molar-refractivity contribution in [2.24, 2.45) is 0 Å². The van der Waals surface area contributed by atoms with Crippen molar-refractivity contribution >= 4 is 50.7 Å². The molecule has 0 aliphatic heterocycles. The summed E-state index contributed by atoms with van der Waals surface area (Å²) in [4.78, 5) is 29.3. The highest BCUT2D eigenvalue weighted by atomic mass is 35.5. The Morgan fingerprint density at radius 1 is 0.930 bits per heavy atom. The van der Waals surface area contributed by atoms with E-state index in [0.29, 0.717) is 28.8 Å². The molecule has 0 aromatic heterocycles. The number of nitrogens with zero attached hydrogens (tertiary/aromatic N) is 2. The lowest BCUT2D eigenvalue weighted by Crippen LogP contribution is -2.53. The van der Waals surface area contributed by atoms with Crippen molar-refractivity contribution in [3.05, 3.63) is 88.4 Å². The Morgan fingerprint density at radius 2 is 1.53 bits per heavy atom. The molecule has 1 N–H and O–H groups in total. The molecule has 1 aliphatic carbocycles.